The highest BCUT2D eigenvalue weighted by atomic mass is 35.5. The number of thiazole rings is 1. The first-order valence-corrected chi connectivity index (χ1v) is 8.83. The first-order valence-electron chi connectivity index (χ1n) is 7.63. The number of nitrogens with two attached hydrogens (primary N) is 1. The summed E-state index contributed by atoms with van der Waals surface area (Å²) in [5.74, 6) is -0.285. The zero-order valence-electron chi connectivity index (χ0n) is 13.7. The topological polar surface area (TPSA) is 97.1 Å². The summed E-state index contributed by atoms with van der Waals surface area (Å²) >= 11 is 7.31. The van der Waals surface area contributed by atoms with Crippen LogP contribution < -0.4 is 16.4 Å². The predicted octanol–water partition coefficient (Wildman–Crippen LogP) is 4.51. The normalized spacial score (nSPS) is 10.4. The maximum absolute atomic E-state index is 12.4. The van der Waals surface area contributed by atoms with Crippen LogP contribution in [-0.4, -0.2) is 16.9 Å². The van der Waals surface area contributed by atoms with E-state index in [2.05, 4.69) is 15.6 Å². The molecule has 0 bridgehead atoms. The van der Waals surface area contributed by atoms with Crippen molar-refractivity contribution in [2.75, 3.05) is 10.6 Å². The largest absolute Gasteiger partial charge is 0.351 e. The van der Waals surface area contributed by atoms with E-state index in [1.165, 1.54) is 11.3 Å². The predicted molar refractivity (Wildman–Crippen MR) is 105 cm³/mol. The lowest BCUT2D eigenvalue weighted by atomic mass is 10.1. The number of anilines is 2. The Morgan fingerprint density at radius 3 is 2.31 bits per heavy atom. The average molecular weight is 387 g/mol. The van der Waals surface area contributed by atoms with Gasteiger partial charge in [0, 0.05) is 26.7 Å². The Kier molecular flexibility index (Phi) is 5.20. The molecule has 0 saturated heterocycles. The molecule has 0 aliphatic heterocycles. The van der Waals surface area contributed by atoms with Gasteiger partial charge in [0.1, 0.15) is 0 Å². The van der Waals surface area contributed by atoms with E-state index in [0.29, 0.717) is 21.4 Å². The third-order valence-electron chi connectivity index (χ3n) is 3.55. The van der Waals surface area contributed by atoms with Crippen LogP contribution in [0.15, 0.2) is 48.5 Å². The number of aryl methyl sites for hydroxylation is 1. The molecule has 0 atom stereocenters. The van der Waals surface area contributed by atoms with Crippen molar-refractivity contribution >= 4 is 45.7 Å². The van der Waals surface area contributed by atoms with Crippen molar-refractivity contribution in [3.8, 4) is 11.3 Å². The molecule has 1 aromatic heterocycles. The van der Waals surface area contributed by atoms with E-state index >= 15 is 0 Å². The van der Waals surface area contributed by atoms with Crippen molar-refractivity contribution in [3.63, 3.8) is 0 Å². The molecule has 2 aromatic carbocycles. The van der Waals surface area contributed by atoms with Crippen LogP contribution in [0.1, 0.15) is 15.2 Å². The van der Waals surface area contributed by atoms with E-state index in [4.69, 9.17) is 17.3 Å². The second-order valence-electron chi connectivity index (χ2n) is 5.45. The highest BCUT2D eigenvalue weighted by Crippen LogP contribution is 2.31. The number of amides is 3. The van der Waals surface area contributed by atoms with Gasteiger partial charge in [-0.25, -0.2) is 9.78 Å². The highest BCUT2D eigenvalue weighted by molar-refractivity contribution is 7.16. The Labute approximate surface area is 159 Å². The van der Waals surface area contributed by atoms with Crippen molar-refractivity contribution in [3.05, 3.63) is 64.0 Å². The minimum absolute atomic E-state index is 0.285. The quantitative estimate of drug-likeness (QED) is 0.615. The van der Waals surface area contributed by atoms with E-state index in [1.807, 2.05) is 19.1 Å². The third kappa shape index (κ3) is 4.19. The summed E-state index contributed by atoms with van der Waals surface area (Å²) in [6.45, 7) is 1.95. The van der Waals surface area contributed by atoms with Crippen LogP contribution >= 0.6 is 22.9 Å². The number of halogens is 1. The number of aromatic nitrogens is 1. The third-order valence-corrected chi connectivity index (χ3v) is 4.69. The first kappa shape index (κ1) is 17.9. The second kappa shape index (κ2) is 7.55. The number of rotatable bonds is 4. The van der Waals surface area contributed by atoms with E-state index in [1.54, 1.807) is 36.4 Å². The molecular formula is C18H15ClN4O2S. The SMILES string of the molecule is Cc1sc(NC(=O)c2ccc(NC(N)=O)cc2)nc1-c1ccc(Cl)cc1. The van der Waals surface area contributed by atoms with Gasteiger partial charge in [-0.1, -0.05) is 23.7 Å². The number of benzene rings is 2. The lowest BCUT2D eigenvalue weighted by Gasteiger charge is -2.04. The fourth-order valence-electron chi connectivity index (χ4n) is 2.34. The summed E-state index contributed by atoms with van der Waals surface area (Å²) in [6.07, 6.45) is 0. The van der Waals surface area contributed by atoms with E-state index in [-0.39, 0.29) is 5.91 Å². The van der Waals surface area contributed by atoms with Crippen LogP contribution in [0.5, 0.6) is 0 Å². The van der Waals surface area contributed by atoms with Gasteiger partial charge >= 0.3 is 6.03 Å². The van der Waals surface area contributed by atoms with Crippen molar-refractivity contribution in [1.29, 1.82) is 0 Å². The molecule has 8 heteroatoms. The Bertz CT molecular complexity index is 952. The number of urea groups is 1. The number of primary amides is 1. The van der Waals surface area contributed by atoms with E-state index < -0.39 is 6.03 Å². The molecule has 26 heavy (non-hydrogen) atoms. The Morgan fingerprint density at radius 1 is 1.04 bits per heavy atom. The van der Waals surface area contributed by atoms with Gasteiger partial charge in [0.2, 0.25) is 0 Å². The molecule has 0 saturated carbocycles. The van der Waals surface area contributed by atoms with Gasteiger partial charge in [-0.2, -0.15) is 0 Å². The highest BCUT2D eigenvalue weighted by Gasteiger charge is 2.13. The minimum Gasteiger partial charge on any atom is -0.351 e. The number of carbonyl (C=O) groups is 2. The van der Waals surface area contributed by atoms with Gasteiger partial charge in [0.15, 0.2) is 5.13 Å². The fourth-order valence-corrected chi connectivity index (χ4v) is 3.30. The number of hydrogen-bond acceptors (Lipinski definition) is 4. The van der Waals surface area contributed by atoms with Crippen molar-refractivity contribution < 1.29 is 9.59 Å². The number of nitrogens with zero attached hydrogens (tertiary/aromatic N) is 1. The van der Waals surface area contributed by atoms with Crippen LogP contribution in [0.25, 0.3) is 11.3 Å². The molecule has 0 radical (unpaired) electrons. The minimum atomic E-state index is -0.657. The van der Waals surface area contributed by atoms with Gasteiger partial charge in [-0.3, -0.25) is 10.1 Å². The summed E-state index contributed by atoms with van der Waals surface area (Å²) in [7, 11) is 0. The second-order valence-corrected chi connectivity index (χ2v) is 7.09. The van der Waals surface area contributed by atoms with Crippen molar-refractivity contribution in [2.45, 2.75) is 6.92 Å². The molecule has 3 aromatic rings. The van der Waals surface area contributed by atoms with Gasteiger partial charge < -0.3 is 11.1 Å². The average Bonchev–Trinajstić information content (AvgIpc) is 2.96. The smallest absolute Gasteiger partial charge is 0.316 e. The molecule has 3 rings (SSSR count). The number of hydrogen-bond donors (Lipinski definition) is 3. The van der Waals surface area contributed by atoms with Crippen LogP contribution in [-0.2, 0) is 0 Å². The van der Waals surface area contributed by atoms with Crippen LogP contribution in [0.3, 0.4) is 0 Å². The Balaban J connectivity index is 1.74. The van der Waals surface area contributed by atoms with E-state index in [0.717, 1.165) is 16.1 Å². The van der Waals surface area contributed by atoms with Crippen LogP contribution in [0.2, 0.25) is 5.02 Å². The molecule has 0 aliphatic carbocycles. The summed E-state index contributed by atoms with van der Waals surface area (Å²) in [4.78, 5) is 28.7. The van der Waals surface area contributed by atoms with Gasteiger partial charge in [0.05, 0.1) is 5.69 Å². The summed E-state index contributed by atoms with van der Waals surface area (Å²) in [5.41, 5.74) is 7.76. The molecule has 0 fully saturated rings. The Hall–Kier alpha value is -2.90. The molecule has 4 N–H and O–H groups in total. The maximum Gasteiger partial charge on any atom is 0.316 e. The lowest BCUT2D eigenvalue weighted by molar-refractivity contribution is 0.102. The van der Waals surface area contributed by atoms with Crippen LogP contribution in [0, 0.1) is 6.92 Å². The van der Waals surface area contributed by atoms with Gasteiger partial charge in [-0.15, -0.1) is 11.3 Å². The van der Waals surface area contributed by atoms with Crippen LogP contribution in [0.4, 0.5) is 15.6 Å². The molecule has 1 heterocycles. The summed E-state index contributed by atoms with van der Waals surface area (Å²) < 4.78 is 0. The molecule has 132 valence electrons. The maximum atomic E-state index is 12.4. The monoisotopic (exact) mass is 386 g/mol. The molecular weight excluding hydrogens is 372 g/mol. The molecule has 0 unspecified atom stereocenters. The van der Waals surface area contributed by atoms with Crippen molar-refractivity contribution in [2.24, 2.45) is 5.73 Å². The molecule has 0 spiro atoms. The molecule has 6 nitrogen and oxygen atoms in total. The van der Waals surface area contributed by atoms with Gasteiger partial charge in [0.25, 0.3) is 5.91 Å². The lowest BCUT2D eigenvalue weighted by Crippen LogP contribution is -2.19. The summed E-state index contributed by atoms with van der Waals surface area (Å²) in [5, 5.41) is 6.40. The number of carbonyl (C=O) groups excluding carboxylic acids is 2. The standard InChI is InChI=1S/C18H15ClN4O2S/c1-10-15(11-2-6-13(19)7-3-11)22-18(26-10)23-16(24)12-4-8-14(9-5-12)21-17(20)25/h2-9H,1H3,(H3,20,21,25)(H,22,23,24). The fraction of sp³-hybridized carbons (Fsp3) is 0.0556. The Morgan fingerprint density at radius 2 is 1.69 bits per heavy atom. The zero-order valence-corrected chi connectivity index (χ0v) is 15.3. The van der Waals surface area contributed by atoms with Crippen molar-refractivity contribution in [1.82, 2.24) is 4.98 Å². The van der Waals surface area contributed by atoms with E-state index in [9.17, 15) is 9.59 Å². The molecule has 0 aliphatic rings. The molecule has 3 amide bonds. The number of nitrogens with one attached hydrogen (secondary N) is 2. The van der Waals surface area contributed by atoms with Gasteiger partial charge in [-0.05, 0) is 43.3 Å². The first-order chi connectivity index (χ1) is 12.4. The summed E-state index contributed by atoms with van der Waals surface area (Å²) in [6, 6.07) is 13.1. The zero-order chi connectivity index (χ0) is 18.7.